The molecule has 22 heavy (non-hydrogen) atoms. The Bertz CT molecular complexity index is 587. The molecule has 0 fully saturated rings. The van der Waals surface area contributed by atoms with Crippen molar-refractivity contribution < 1.29 is 18.9 Å². The fraction of sp³-hybridized carbons (Fsp3) is 0.294. The highest BCUT2D eigenvalue weighted by Gasteiger charge is 2.15. The second-order valence-electron chi connectivity index (χ2n) is 4.71. The van der Waals surface area contributed by atoms with E-state index in [-0.39, 0.29) is 6.04 Å². The van der Waals surface area contributed by atoms with Crippen LogP contribution in [-0.2, 0) is 0 Å². The van der Waals surface area contributed by atoms with Gasteiger partial charge in [0.1, 0.15) is 0 Å². The Morgan fingerprint density at radius 1 is 0.636 bits per heavy atom. The zero-order valence-corrected chi connectivity index (χ0v) is 13.3. The number of ether oxygens (including phenoxy) is 4. The van der Waals surface area contributed by atoms with Crippen molar-refractivity contribution in [3.8, 4) is 23.0 Å². The van der Waals surface area contributed by atoms with Crippen LogP contribution < -0.4 is 24.7 Å². The summed E-state index contributed by atoms with van der Waals surface area (Å²) in [5.41, 5.74) is 8.20. The van der Waals surface area contributed by atoms with E-state index >= 15 is 0 Å². The Hall–Kier alpha value is -2.40. The van der Waals surface area contributed by atoms with E-state index in [1.807, 2.05) is 36.4 Å². The van der Waals surface area contributed by atoms with E-state index in [9.17, 15) is 0 Å². The highest BCUT2D eigenvalue weighted by atomic mass is 16.5. The Morgan fingerprint density at radius 2 is 1.00 bits per heavy atom. The first-order valence-electron chi connectivity index (χ1n) is 6.84. The molecule has 0 aliphatic rings. The minimum atomic E-state index is -0.306. The molecular weight excluding hydrogens is 282 g/mol. The van der Waals surface area contributed by atoms with Gasteiger partial charge in [-0.3, -0.25) is 0 Å². The molecule has 0 heterocycles. The quantitative estimate of drug-likeness (QED) is 0.889. The third-order valence-electron chi connectivity index (χ3n) is 3.53. The van der Waals surface area contributed by atoms with Gasteiger partial charge in [0, 0.05) is 0 Å². The molecule has 5 nitrogen and oxygen atoms in total. The summed E-state index contributed by atoms with van der Waals surface area (Å²) < 4.78 is 21.1. The summed E-state index contributed by atoms with van der Waals surface area (Å²) in [6.07, 6.45) is 0. The molecule has 2 rings (SSSR count). The molecule has 0 amide bonds. The Kier molecular flexibility index (Phi) is 5.12. The molecular formula is C17H21NO4. The fourth-order valence-electron chi connectivity index (χ4n) is 2.28. The summed E-state index contributed by atoms with van der Waals surface area (Å²) in [5, 5.41) is 0. The molecule has 0 spiro atoms. The molecule has 0 aromatic heterocycles. The summed E-state index contributed by atoms with van der Waals surface area (Å²) in [6, 6.07) is 11.0. The van der Waals surface area contributed by atoms with Crippen molar-refractivity contribution in [3.63, 3.8) is 0 Å². The topological polar surface area (TPSA) is 62.9 Å². The fourth-order valence-corrected chi connectivity index (χ4v) is 2.28. The molecule has 0 unspecified atom stereocenters. The second-order valence-corrected chi connectivity index (χ2v) is 4.71. The molecule has 0 radical (unpaired) electrons. The number of methoxy groups -OCH3 is 4. The predicted octanol–water partition coefficient (Wildman–Crippen LogP) is 2.77. The maximum atomic E-state index is 6.35. The first kappa shape index (κ1) is 16.0. The second kappa shape index (κ2) is 7.04. The van der Waals surface area contributed by atoms with Crippen LogP contribution in [0.4, 0.5) is 0 Å². The molecule has 0 saturated heterocycles. The van der Waals surface area contributed by atoms with Crippen molar-refractivity contribution in [2.24, 2.45) is 5.73 Å². The maximum Gasteiger partial charge on any atom is 0.161 e. The van der Waals surface area contributed by atoms with Gasteiger partial charge in [-0.15, -0.1) is 0 Å². The molecule has 0 bridgehead atoms. The van der Waals surface area contributed by atoms with Gasteiger partial charge in [-0.25, -0.2) is 0 Å². The molecule has 0 aliphatic carbocycles. The largest absolute Gasteiger partial charge is 0.493 e. The van der Waals surface area contributed by atoms with Gasteiger partial charge >= 0.3 is 0 Å². The molecule has 118 valence electrons. The lowest BCUT2D eigenvalue weighted by atomic mass is 9.98. The van der Waals surface area contributed by atoms with Gasteiger partial charge < -0.3 is 24.7 Å². The summed E-state index contributed by atoms with van der Waals surface area (Å²) in [4.78, 5) is 0. The zero-order chi connectivity index (χ0) is 16.1. The SMILES string of the molecule is COc1ccc(C(N)c2ccc(OC)c(OC)c2)cc1OC. The zero-order valence-electron chi connectivity index (χ0n) is 13.3. The molecule has 0 saturated carbocycles. The van der Waals surface area contributed by atoms with Gasteiger partial charge in [-0.2, -0.15) is 0 Å². The smallest absolute Gasteiger partial charge is 0.161 e. The maximum absolute atomic E-state index is 6.35. The Balaban J connectivity index is 2.37. The van der Waals surface area contributed by atoms with Crippen molar-refractivity contribution in [3.05, 3.63) is 47.5 Å². The van der Waals surface area contributed by atoms with Crippen LogP contribution in [0.1, 0.15) is 17.2 Å². The number of hydrogen-bond donors (Lipinski definition) is 1. The van der Waals surface area contributed by atoms with Gasteiger partial charge in [-0.1, -0.05) is 12.1 Å². The van der Waals surface area contributed by atoms with E-state index < -0.39 is 0 Å². The lowest BCUT2D eigenvalue weighted by Crippen LogP contribution is -2.12. The van der Waals surface area contributed by atoms with Gasteiger partial charge in [0.05, 0.1) is 34.5 Å². The third-order valence-corrected chi connectivity index (χ3v) is 3.53. The van der Waals surface area contributed by atoms with Gasteiger partial charge in [0.25, 0.3) is 0 Å². The molecule has 2 N–H and O–H groups in total. The number of nitrogens with two attached hydrogens (primary N) is 1. The van der Waals surface area contributed by atoms with Crippen LogP contribution in [-0.4, -0.2) is 28.4 Å². The standard InChI is InChI=1S/C17H21NO4/c1-19-13-7-5-11(9-15(13)21-3)17(18)12-6-8-14(20-2)16(10-12)22-4/h5-10,17H,18H2,1-4H3. The Morgan fingerprint density at radius 3 is 1.32 bits per heavy atom. The number of benzene rings is 2. The van der Waals surface area contributed by atoms with E-state index in [2.05, 4.69) is 0 Å². The first-order valence-corrected chi connectivity index (χ1v) is 6.84. The van der Waals surface area contributed by atoms with Crippen molar-refractivity contribution in [2.45, 2.75) is 6.04 Å². The van der Waals surface area contributed by atoms with Crippen LogP contribution in [0.15, 0.2) is 36.4 Å². The highest BCUT2D eigenvalue weighted by Crippen LogP contribution is 2.34. The average Bonchev–Trinajstić information content (AvgIpc) is 2.59. The van der Waals surface area contributed by atoms with Crippen molar-refractivity contribution in [1.82, 2.24) is 0 Å². The van der Waals surface area contributed by atoms with Gasteiger partial charge in [-0.05, 0) is 35.4 Å². The van der Waals surface area contributed by atoms with Crippen LogP contribution in [0, 0.1) is 0 Å². The molecule has 2 aromatic rings. The lowest BCUT2D eigenvalue weighted by molar-refractivity contribution is 0.353. The summed E-state index contributed by atoms with van der Waals surface area (Å²) in [6.45, 7) is 0. The first-order chi connectivity index (χ1) is 10.6. The van der Waals surface area contributed by atoms with E-state index in [1.54, 1.807) is 28.4 Å². The van der Waals surface area contributed by atoms with Crippen LogP contribution in [0.25, 0.3) is 0 Å². The highest BCUT2D eigenvalue weighted by molar-refractivity contribution is 5.49. The Labute approximate surface area is 130 Å². The molecule has 0 aliphatic heterocycles. The molecule has 5 heteroatoms. The summed E-state index contributed by atoms with van der Waals surface area (Å²) >= 11 is 0. The molecule has 2 aromatic carbocycles. The summed E-state index contributed by atoms with van der Waals surface area (Å²) in [7, 11) is 6.41. The summed E-state index contributed by atoms with van der Waals surface area (Å²) in [5.74, 6) is 2.64. The van der Waals surface area contributed by atoms with Crippen LogP contribution in [0.2, 0.25) is 0 Å². The van der Waals surface area contributed by atoms with Crippen molar-refractivity contribution >= 4 is 0 Å². The average molecular weight is 303 g/mol. The van der Waals surface area contributed by atoms with E-state index in [0.717, 1.165) is 11.1 Å². The predicted molar refractivity (Wildman–Crippen MR) is 85.1 cm³/mol. The van der Waals surface area contributed by atoms with Crippen molar-refractivity contribution in [2.75, 3.05) is 28.4 Å². The minimum absolute atomic E-state index is 0.306. The minimum Gasteiger partial charge on any atom is -0.493 e. The molecule has 0 atom stereocenters. The van der Waals surface area contributed by atoms with E-state index in [4.69, 9.17) is 24.7 Å². The van der Waals surface area contributed by atoms with Crippen LogP contribution in [0.3, 0.4) is 0 Å². The third kappa shape index (κ3) is 3.09. The number of rotatable bonds is 6. The van der Waals surface area contributed by atoms with Gasteiger partial charge in [0.2, 0.25) is 0 Å². The monoisotopic (exact) mass is 303 g/mol. The van der Waals surface area contributed by atoms with E-state index in [0.29, 0.717) is 23.0 Å². The lowest BCUT2D eigenvalue weighted by Gasteiger charge is -2.17. The van der Waals surface area contributed by atoms with Crippen molar-refractivity contribution in [1.29, 1.82) is 0 Å². The van der Waals surface area contributed by atoms with Crippen LogP contribution in [0.5, 0.6) is 23.0 Å². The van der Waals surface area contributed by atoms with Crippen LogP contribution >= 0.6 is 0 Å². The number of hydrogen-bond acceptors (Lipinski definition) is 5. The van der Waals surface area contributed by atoms with Gasteiger partial charge in [0.15, 0.2) is 23.0 Å². The normalized spacial score (nSPS) is 10.5. The van der Waals surface area contributed by atoms with E-state index in [1.165, 1.54) is 0 Å².